The summed E-state index contributed by atoms with van der Waals surface area (Å²) in [5.41, 5.74) is -0.395. The first-order valence-electron chi connectivity index (χ1n) is 7.58. The molecule has 0 saturated heterocycles. The molecule has 0 aliphatic heterocycles. The Morgan fingerprint density at radius 2 is 1.81 bits per heavy atom. The first kappa shape index (κ1) is 20.3. The topological polar surface area (TPSA) is 66.5 Å². The minimum atomic E-state index is -3.83. The summed E-state index contributed by atoms with van der Waals surface area (Å²) >= 11 is 5.99. The van der Waals surface area contributed by atoms with Gasteiger partial charge < -0.3 is 5.32 Å². The van der Waals surface area contributed by atoms with Crippen molar-refractivity contribution < 1.29 is 22.0 Å². The summed E-state index contributed by atoms with van der Waals surface area (Å²) < 4.78 is 52.9. The largest absolute Gasteiger partial charge is 0.319 e. The summed E-state index contributed by atoms with van der Waals surface area (Å²) in [6.07, 6.45) is 0. The molecule has 2 aromatic carbocycles. The van der Waals surface area contributed by atoms with Gasteiger partial charge in [0.2, 0.25) is 10.0 Å². The molecular weight excluding hydrogens is 386 g/mol. The van der Waals surface area contributed by atoms with Gasteiger partial charge >= 0.3 is 0 Å². The predicted molar refractivity (Wildman–Crippen MR) is 95.8 cm³/mol. The molecule has 0 aromatic heterocycles. The Balaban J connectivity index is 2.39. The van der Waals surface area contributed by atoms with Crippen molar-refractivity contribution >= 4 is 33.2 Å². The van der Waals surface area contributed by atoms with Crippen LogP contribution in [0.3, 0.4) is 0 Å². The first-order valence-corrected chi connectivity index (χ1v) is 9.40. The monoisotopic (exact) mass is 402 g/mol. The Labute approximate surface area is 155 Å². The van der Waals surface area contributed by atoms with Crippen LogP contribution in [0.4, 0.5) is 14.5 Å². The van der Waals surface area contributed by atoms with Crippen molar-refractivity contribution in [1.82, 2.24) is 4.31 Å². The second-order valence-corrected chi connectivity index (χ2v) is 8.24. The standard InChI is InChI=1S/C17H17ClF2N2O3S/c1-10(2)22(3)26(24,25)12-5-6-14(18)13(9-12)17(23)21-16-7-4-11(19)8-15(16)20/h4-10H,1-3H3,(H,21,23). The molecule has 0 bridgehead atoms. The second-order valence-electron chi connectivity index (χ2n) is 5.83. The Morgan fingerprint density at radius 1 is 1.15 bits per heavy atom. The fourth-order valence-electron chi connectivity index (χ4n) is 2.06. The molecule has 2 rings (SSSR count). The van der Waals surface area contributed by atoms with E-state index in [1.165, 1.54) is 19.2 Å². The van der Waals surface area contributed by atoms with E-state index in [2.05, 4.69) is 5.32 Å². The molecule has 0 atom stereocenters. The number of nitrogens with zero attached hydrogens (tertiary/aromatic N) is 1. The minimum Gasteiger partial charge on any atom is -0.319 e. The molecule has 140 valence electrons. The van der Waals surface area contributed by atoms with E-state index in [0.717, 1.165) is 22.5 Å². The average Bonchev–Trinajstić information content (AvgIpc) is 2.56. The molecule has 26 heavy (non-hydrogen) atoms. The maximum Gasteiger partial charge on any atom is 0.257 e. The molecule has 0 aliphatic carbocycles. The van der Waals surface area contributed by atoms with Crippen LogP contribution >= 0.6 is 11.6 Å². The molecule has 1 amide bonds. The van der Waals surface area contributed by atoms with Gasteiger partial charge in [0.15, 0.2) is 0 Å². The van der Waals surface area contributed by atoms with Gasteiger partial charge in [-0.25, -0.2) is 17.2 Å². The van der Waals surface area contributed by atoms with E-state index in [1.807, 2.05) is 0 Å². The number of nitrogens with one attached hydrogen (secondary N) is 1. The maximum atomic E-state index is 13.7. The van der Waals surface area contributed by atoms with Crippen molar-refractivity contribution in [2.45, 2.75) is 24.8 Å². The predicted octanol–water partition coefficient (Wildman–Crippen LogP) is 3.90. The molecule has 2 aromatic rings. The van der Waals surface area contributed by atoms with Gasteiger partial charge in [0.25, 0.3) is 5.91 Å². The number of benzene rings is 2. The summed E-state index contributed by atoms with van der Waals surface area (Å²) in [6, 6.07) is 6.05. The number of rotatable bonds is 5. The molecule has 9 heteroatoms. The summed E-state index contributed by atoms with van der Waals surface area (Å²) in [4.78, 5) is 12.3. The lowest BCUT2D eigenvalue weighted by atomic mass is 10.2. The summed E-state index contributed by atoms with van der Waals surface area (Å²) in [6.45, 7) is 3.41. The van der Waals surface area contributed by atoms with E-state index < -0.39 is 27.6 Å². The zero-order valence-corrected chi connectivity index (χ0v) is 15.8. The van der Waals surface area contributed by atoms with Gasteiger partial charge in [-0.1, -0.05) is 11.6 Å². The summed E-state index contributed by atoms with van der Waals surface area (Å²) in [5, 5.41) is 2.25. The number of amides is 1. The normalized spacial score (nSPS) is 11.8. The highest BCUT2D eigenvalue weighted by Crippen LogP contribution is 2.25. The Morgan fingerprint density at radius 3 is 2.38 bits per heavy atom. The molecule has 0 spiro atoms. The molecule has 0 aliphatic rings. The maximum absolute atomic E-state index is 13.7. The van der Waals surface area contributed by atoms with Crippen molar-refractivity contribution in [3.8, 4) is 0 Å². The van der Waals surface area contributed by atoms with Gasteiger partial charge in [-0.2, -0.15) is 4.31 Å². The molecule has 0 heterocycles. The van der Waals surface area contributed by atoms with Crippen molar-refractivity contribution in [3.63, 3.8) is 0 Å². The minimum absolute atomic E-state index is 0.00355. The molecule has 5 nitrogen and oxygen atoms in total. The molecule has 0 radical (unpaired) electrons. The van der Waals surface area contributed by atoms with Crippen LogP contribution in [-0.2, 0) is 10.0 Å². The number of halogens is 3. The van der Waals surface area contributed by atoms with Crippen LogP contribution in [0.15, 0.2) is 41.3 Å². The number of anilines is 1. The van der Waals surface area contributed by atoms with Crippen LogP contribution < -0.4 is 5.32 Å². The Hall–Kier alpha value is -2.03. The molecule has 0 saturated carbocycles. The van der Waals surface area contributed by atoms with Gasteiger partial charge in [-0.3, -0.25) is 4.79 Å². The Kier molecular flexibility index (Phi) is 6.00. The zero-order valence-electron chi connectivity index (χ0n) is 14.3. The third-order valence-electron chi connectivity index (χ3n) is 3.77. The molecular formula is C17H17ClF2N2O3S. The fourth-order valence-corrected chi connectivity index (χ4v) is 3.66. The van der Waals surface area contributed by atoms with Crippen LogP contribution in [0.25, 0.3) is 0 Å². The van der Waals surface area contributed by atoms with Crippen LogP contribution in [0.1, 0.15) is 24.2 Å². The average molecular weight is 403 g/mol. The highest BCUT2D eigenvalue weighted by Gasteiger charge is 2.25. The van der Waals surface area contributed by atoms with E-state index in [-0.39, 0.29) is 27.2 Å². The highest BCUT2D eigenvalue weighted by atomic mass is 35.5. The number of carbonyl (C=O) groups is 1. The lowest BCUT2D eigenvalue weighted by molar-refractivity contribution is 0.102. The van der Waals surface area contributed by atoms with Crippen LogP contribution in [0.5, 0.6) is 0 Å². The van der Waals surface area contributed by atoms with Crippen LogP contribution in [0.2, 0.25) is 5.02 Å². The third kappa shape index (κ3) is 4.20. The van der Waals surface area contributed by atoms with Gasteiger partial charge in [0, 0.05) is 19.2 Å². The lowest BCUT2D eigenvalue weighted by Crippen LogP contribution is -2.33. The van der Waals surface area contributed by atoms with E-state index in [9.17, 15) is 22.0 Å². The van der Waals surface area contributed by atoms with Crippen molar-refractivity contribution in [1.29, 1.82) is 0 Å². The number of hydrogen-bond acceptors (Lipinski definition) is 3. The van der Waals surface area contributed by atoms with E-state index >= 15 is 0 Å². The van der Waals surface area contributed by atoms with Gasteiger partial charge in [-0.05, 0) is 44.2 Å². The van der Waals surface area contributed by atoms with Crippen LogP contribution in [-0.4, -0.2) is 31.7 Å². The fraction of sp³-hybridized carbons (Fsp3) is 0.235. The number of carbonyl (C=O) groups excluding carboxylic acids is 1. The third-order valence-corrected chi connectivity index (χ3v) is 6.13. The molecule has 0 fully saturated rings. The van der Waals surface area contributed by atoms with Gasteiger partial charge in [0.1, 0.15) is 11.6 Å². The Bertz CT molecular complexity index is 949. The smallest absolute Gasteiger partial charge is 0.257 e. The summed E-state index contributed by atoms with van der Waals surface area (Å²) in [5.74, 6) is -2.56. The van der Waals surface area contributed by atoms with E-state index in [0.29, 0.717) is 6.07 Å². The number of sulfonamides is 1. The highest BCUT2D eigenvalue weighted by molar-refractivity contribution is 7.89. The molecule has 1 N–H and O–H groups in total. The second kappa shape index (κ2) is 7.69. The number of hydrogen-bond donors (Lipinski definition) is 1. The SMILES string of the molecule is CC(C)N(C)S(=O)(=O)c1ccc(Cl)c(C(=O)Nc2ccc(F)cc2F)c1. The van der Waals surface area contributed by atoms with Gasteiger partial charge in [-0.15, -0.1) is 0 Å². The first-order chi connectivity index (χ1) is 12.0. The van der Waals surface area contributed by atoms with Crippen LogP contribution in [0, 0.1) is 11.6 Å². The lowest BCUT2D eigenvalue weighted by Gasteiger charge is -2.21. The van der Waals surface area contributed by atoms with E-state index in [1.54, 1.807) is 13.8 Å². The van der Waals surface area contributed by atoms with E-state index in [4.69, 9.17) is 11.6 Å². The van der Waals surface area contributed by atoms with Crippen molar-refractivity contribution in [2.24, 2.45) is 0 Å². The van der Waals surface area contributed by atoms with Crippen molar-refractivity contribution in [3.05, 3.63) is 58.6 Å². The zero-order chi connectivity index (χ0) is 19.6. The van der Waals surface area contributed by atoms with Gasteiger partial charge in [0.05, 0.1) is 21.2 Å². The quantitative estimate of drug-likeness (QED) is 0.824. The molecule has 0 unspecified atom stereocenters. The van der Waals surface area contributed by atoms with Crippen molar-refractivity contribution in [2.75, 3.05) is 12.4 Å². The summed E-state index contributed by atoms with van der Waals surface area (Å²) in [7, 11) is -2.41.